The molecule has 4 rings (SSSR count). The quantitative estimate of drug-likeness (QED) is 0.0385. The fourth-order valence-electron chi connectivity index (χ4n) is 5.48. The number of carbonyl (C=O) groups is 5. The van der Waals surface area contributed by atoms with E-state index in [2.05, 4.69) is 42.1 Å². The van der Waals surface area contributed by atoms with Crippen LogP contribution in [0.5, 0.6) is 0 Å². The average Bonchev–Trinajstić information content (AvgIpc) is 3.81. The summed E-state index contributed by atoms with van der Waals surface area (Å²) in [7, 11) is 0. The number of carbonyl (C=O) groups excluding carboxylic acids is 5. The van der Waals surface area contributed by atoms with Crippen LogP contribution in [-0.4, -0.2) is 125 Å². The van der Waals surface area contributed by atoms with Gasteiger partial charge in [0.15, 0.2) is 0 Å². The lowest BCUT2D eigenvalue weighted by molar-refractivity contribution is -0.166. The molecule has 3 aliphatic heterocycles. The number of halogens is 3. The molecule has 1 aromatic carbocycles. The Hall–Kier alpha value is -4.83. The number of alkyl carbamates (subject to hydrolysis) is 3. The summed E-state index contributed by atoms with van der Waals surface area (Å²) in [6.07, 6.45) is -0.728. The second kappa shape index (κ2) is 22.7. The first kappa shape index (κ1) is 43.9. The third-order valence-electron chi connectivity index (χ3n) is 8.42. The summed E-state index contributed by atoms with van der Waals surface area (Å²) < 4.78 is 64.8. The third kappa shape index (κ3) is 15.0. The Kier molecular flexibility index (Phi) is 17.8. The molecule has 6 amide bonds. The second-order valence-corrected chi connectivity index (χ2v) is 13.8. The van der Waals surface area contributed by atoms with Gasteiger partial charge in [0.1, 0.15) is 19.8 Å². The topological polar surface area (TPSA) is 228 Å². The van der Waals surface area contributed by atoms with Crippen molar-refractivity contribution in [3.63, 3.8) is 0 Å². The van der Waals surface area contributed by atoms with Gasteiger partial charge >= 0.3 is 36.1 Å². The number of amides is 6. The third-order valence-corrected chi connectivity index (χ3v) is 9.93. The van der Waals surface area contributed by atoms with Crippen LogP contribution in [0.4, 0.5) is 32.3 Å². The fourth-order valence-corrected chi connectivity index (χ4v) is 7.02. The maximum Gasteiger partial charge on any atom is 0.442 e. The molecule has 22 heteroatoms. The molecule has 0 spiro atoms. The molecule has 0 saturated carbocycles. The molecule has 2 saturated heterocycles. The molecule has 0 radical (unpaired) electrons. The van der Waals surface area contributed by atoms with E-state index < -0.39 is 30.1 Å². The summed E-state index contributed by atoms with van der Waals surface area (Å²) in [4.78, 5) is 58.9. The Morgan fingerprint density at radius 1 is 0.804 bits per heavy atom. The van der Waals surface area contributed by atoms with Crippen LogP contribution in [-0.2, 0) is 40.7 Å². The number of thioether (sulfide) groups is 1. The van der Waals surface area contributed by atoms with E-state index in [0.29, 0.717) is 17.2 Å². The number of benzene rings is 1. The van der Waals surface area contributed by atoms with Crippen LogP contribution < -0.4 is 31.9 Å². The Bertz CT molecular complexity index is 1520. The summed E-state index contributed by atoms with van der Waals surface area (Å²) in [6.45, 7) is 1.43. The van der Waals surface area contributed by atoms with Gasteiger partial charge in [-0.25, -0.2) is 19.2 Å². The van der Waals surface area contributed by atoms with E-state index in [1.807, 2.05) is 11.8 Å². The number of nitrogens with zero attached hydrogens (tertiary/aromatic N) is 2. The van der Waals surface area contributed by atoms with Crippen molar-refractivity contribution in [3.8, 4) is 0 Å². The molecule has 0 aromatic heterocycles. The molecule has 0 aliphatic carbocycles. The second-order valence-electron chi connectivity index (χ2n) is 12.5. The van der Waals surface area contributed by atoms with Gasteiger partial charge in [0.25, 0.3) is 0 Å². The molecule has 0 unspecified atom stereocenters. The van der Waals surface area contributed by atoms with Crippen molar-refractivity contribution in [3.05, 3.63) is 47.5 Å². The zero-order valence-corrected chi connectivity index (χ0v) is 31.3. The smallest absolute Gasteiger partial charge is 0.442 e. The molecular weight excluding hydrogens is 769 g/mol. The van der Waals surface area contributed by atoms with Gasteiger partial charge in [-0.2, -0.15) is 24.9 Å². The molecule has 1 aromatic rings. The van der Waals surface area contributed by atoms with E-state index >= 15 is 0 Å². The molecule has 18 nitrogen and oxygen atoms in total. The maximum absolute atomic E-state index is 13.1. The Morgan fingerprint density at radius 3 is 2.12 bits per heavy atom. The largest absolute Gasteiger partial charge is 0.447 e. The van der Waals surface area contributed by atoms with Gasteiger partial charge in [-0.15, -0.1) is 10.2 Å². The maximum atomic E-state index is 13.1. The minimum absolute atomic E-state index is 0.0312. The van der Waals surface area contributed by atoms with Gasteiger partial charge in [-0.1, -0.05) is 30.7 Å². The number of nitrogens with one attached hydrogen (secondary N) is 6. The van der Waals surface area contributed by atoms with E-state index in [9.17, 15) is 37.1 Å². The van der Waals surface area contributed by atoms with E-state index in [4.69, 9.17) is 23.7 Å². The van der Waals surface area contributed by atoms with Gasteiger partial charge in [0, 0.05) is 49.2 Å². The molecule has 2 fully saturated rings. The number of alkyl halides is 3. The minimum atomic E-state index is -4.61. The SMILES string of the molecule is O=C(CCCC[C@@H]1SC[C@@H]2NC(=O)N[C@@H]21)NCCNC(=O)OCCOCCOCCNC(=O)OC/C=C/COC(=O)NCc1ccc(C2(C(F)(F)F)N=N2)cc1. The number of hydrogen-bond donors (Lipinski definition) is 6. The molecule has 3 atom stereocenters. The highest BCUT2D eigenvalue weighted by atomic mass is 32.2. The lowest BCUT2D eigenvalue weighted by atomic mass is 10.0. The van der Waals surface area contributed by atoms with Crippen LogP contribution >= 0.6 is 11.8 Å². The van der Waals surface area contributed by atoms with Crippen molar-refractivity contribution in [1.29, 1.82) is 0 Å². The van der Waals surface area contributed by atoms with Crippen LogP contribution in [0.2, 0.25) is 0 Å². The monoisotopic (exact) mass is 816 g/mol. The van der Waals surface area contributed by atoms with Gasteiger partial charge in [0.05, 0.1) is 38.5 Å². The van der Waals surface area contributed by atoms with Gasteiger partial charge in [-0.3, -0.25) is 4.79 Å². The van der Waals surface area contributed by atoms with Crippen molar-refractivity contribution in [2.45, 2.75) is 61.4 Å². The van der Waals surface area contributed by atoms with E-state index in [-0.39, 0.29) is 102 Å². The molecule has 3 heterocycles. The van der Waals surface area contributed by atoms with E-state index in [1.54, 1.807) is 0 Å². The predicted octanol–water partition coefficient (Wildman–Crippen LogP) is 2.98. The van der Waals surface area contributed by atoms with Crippen molar-refractivity contribution in [2.24, 2.45) is 10.2 Å². The number of ether oxygens (including phenoxy) is 5. The van der Waals surface area contributed by atoms with E-state index in [0.717, 1.165) is 25.0 Å². The summed E-state index contributed by atoms with van der Waals surface area (Å²) in [5.74, 6) is 0.825. The standard InChI is InChI=1S/C34H47F3N8O10S/c35-34(36,37)33(44-45-33)24-9-7-23(8-10-24)21-41-32(50)54-15-4-3-14-53-31(49)40-13-16-51-17-18-52-19-20-55-30(48)39-12-11-38-27(46)6-2-1-5-26-28-25(22-56-26)42-29(47)43-28/h3-4,7-10,25-26,28H,1-2,5-6,11-22H2,(H,38,46)(H,39,48)(H,40,49)(H,41,50)(H2,42,43,47)/b4-3+/t25-,26-,28-/m0/s1. The highest BCUT2D eigenvalue weighted by Gasteiger charge is 2.65. The summed E-state index contributed by atoms with van der Waals surface area (Å²) in [5.41, 5.74) is -2.05. The zero-order chi connectivity index (χ0) is 40.2. The first-order valence-corrected chi connectivity index (χ1v) is 19.1. The summed E-state index contributed by atoms with van der Waals surface area (Å²) in [5, 5.41) is 22.8. The number of unbranched alkanes of at least 4 members (excludes halogenated alkanes) is 1. The lowest BCUT2D eigenvalue weighted by Gasteiger charge is -2.16. The predicted molar refractivity (Wildman–Crippen MR) is 194 cm³/mol. The van der Waals surface area contributed by atoms with Gasteiger partial charge in [-0.05, 0) is 30.6 Å². The fraction of sp³-hybridized carbons (Fsp3) is 0.618. The summed E-state index contributed by atoms with van der Waals surface area (Å²) >= 11 is 1.85. The first-order chi connectivity index (χ1) is 27.0. The minimum Gasteiger partial charge on any atom is -0.447 e. The normalized spacial score (nSPS) is 19.1. The highest BCUT2D eigenvalue weighted by Crippen LogP contribution is 2.52. The van der Waals surface area contributed by atoms with Crippen molar-refractivity contribution >= 4 is 42.0 Å². The zero-order valence-electron chi connectivity index (χ0n) is 30.5. The molecule has 310 valence electrons. The van der Waals surface area contributed by atoms with Gasteiger partial charge < -0.3 is 55.6 Å². The Labute approximate surface area is 325 Å². The van der Waals surface area contributed by atoms with Crippen molar-refractivity contribution < 1.29 is 60.8 Å². The Morgan fingerprint density at radius 2 is 1.43 bits per heavy atom. The van der Waals surface area contributed by atoms with Gasteiger partial charge in [0.2, 0.25) is 5.91 Å². The van der Waals surface area contributed by atoms with E-state index in [1.165, 1.54) is 36.4 Å². The Balaban J connectivity index is 0.857. The highest BCUT2D eigenvalue weighted by molar-refractivity contribution is 8.00. The number of urea groups is 1. The first-order valence-electron chi connectivity index (χ1n) is 18.0. The van der Waals surface area contributed by atoms with Crippen LogP contribution in [0.25, 0.3) is 0 Å². The lowest BCUT2D eigenvalue weighted by Crippen LogP contribution is -2.36. The molecule has 6 N–H and O–H groups in total. The molecule has 3 aliphatic rings. The van der Waals surface area contributed by atoms with Crippen LogP contribution in [0.3, 0.4) is 0 Å². The molecule has 0 bridgehead atoms. The number of fused-ring (bicyclic) bond motifs is 1. The molecule has 56 heavy (non-hydrogen) atoms. The van der Waals surface area contributed by atoms with Crippen LogP contribution in [0, 0.1) is 0 Å². The summed E-state index contributed by atoms with van der Waals surface area (Å²) in [6, 6.07) is 5.63. The number of hydrogen-bond acceptors (Lipinski definition) is 13. The number of rotatable bonds is 24. The van der Waals surface area contributed by atoms with Crippen LogP contribution in [0.1, 0.15) is 36.8 Å². The van der Waals surface area contributed by atoms with Crippen molar-refractivity contribution in [2.75, 3.05) is 71.6 Å². The van der Waals surface area contributed by atoms with Crippen molar-refractivity contribution in [1.82, 2.24) is 31.9 Å². The van der Waals surface area contributed by atoms with Crippen LogP contribution in [0.15, 0.2) is 46.6 Å². The average molecular weight is 817 g/mol. The molecular formula is C34H47F3N8O10S.